The first-order chi connectivity index (χ1) is 19.0. The number of fused-ring (bicyclic) bond motifs is 1. The van der Waals surface area contributed by atoms with Crippen molar-refractivity contribution in [2.45, 2.75) is 58.4 Å². The normalized spacial score (nSPS) is 13.6. The van der Waals surface area contributed by atoms with Crippen molar-refractivity contribution in [3.8, 4) is 17.1 Å². The van der Waals surface area contributed by atoms with E-state index in [9.17, 15) is 18.0 Å². The van der Waals surface area contributed by atoms with Crippen LogP contribution in [0, 0.1) is 13.8 Å². The number of aryl methyl sites for hydroxylation is 2. The molecule has 0 atom stereocenters. The van der Waals surface area contributed by atoms with E-state index in [1.165, 1.54) is 13.3 Å². The number of rotatable bonds is 9. The van der Waals surface area contributed by atoms with E-state index < -0.39 is 21.2 Å². The number of ether oxygens (including phenoxy) is 1. The minimum absolute atomic E-state index is 0.0366. The number of pyridine rings is 3. The van der Waals surface area contributed by atoms with Gasteiger partial charge in [-0.1, -0.05) is 0 Å². The summed E-state index contributed by atoms with van der Waals surface area (Å²) >= 11 is 0. The standard InChI is InChI=1S/C27H31N7O5S/c1-14(2)34-24-21(13-30-34)19(25(35)28-12-20-15(3)8-16(4)31-26(20)36)10-22(32-24)17-9-23(27(39-5)29-11-17)33-40(37,38)18-6-7-18/h8-11,13-14,18,33H,6-7,12H2,1-5H3,(H,28,35)(H,31,36). The molecule has 210 valence electrons. The minimum Gasteiger partial charge on any atom is -0.480 e. The number of sulfonamides is 1. The lowest BCUT2D eigenvalue weighted by Crippen LogP contribution is -2.28. The molecule has 0 aliphatic heterocycles. The molecule has 0 saturated heterocycles. The van der Waals surface area contributed by atoms with Crippen molar-refractivity contribution in [3.05, 3.63) is 63.3 Å². The average molecular weight is 566 g/mol. The van der Waals surface area contributed by atoms with Crippen LogP contribution in [0.25, 0.3) is 22.3 Å². The van der Waals surface area contributed by atoms with Crippen LogP contribution in [0.4, 0.5) is 5.69 Å². The number of H-pyrrole nitrogens is 1. The quantitative estimate of drug-likeness (QED) is 0.279. The SMILES string of the molecule is COc1ncc(-c2cc(C(=O)NCc3c(C)cc(C)[nH]c3=O)c3cnn(C(C)C)c3n2)cc1NS(=O)(=O)C1CC1. The van der Waals surface area contributed by atoms with E-state index in [-0.39, 0.29) is 29.7 Å². The summed E-state index contributed by atoms with van der Waals surface area (Å²) in [5.74, 6) is -0.287. The highest BCUT2D eigenvalue weighted by atomic mass is 32.2. The molecule has 1 fully saturated rings. The van der Waals surface area contributed by atoms with Gasteiger partial charge in [0.05, 0.1) is 35.2 Å². The summed E-state index contributed by atoms with van der Waals surface area (Å²) in [6.45, 7) is 7.56. The molecule has 4 aromatic rings. The highest BCUT2D eigenvalue weighted by molar-refractivity contribution is 7.93. The molecule has 0 radical (unpaired) electrons. The van der Waals surface area contributed by atoms with Crippen molar-refractivity contribution >= 4 is 32.7 Å². The van der Waals surface area contributed by atoms with Gasteiger partial charge in [0.1, 0.15) is 5.69 Å². The molecule has 0 spiro atoms. The Morgan fingerprint density at radius 1 is 1.20 bits per heavy atom. The van der Waals surface area contributed by atoms with Crippen molar-refractivity contribution < 1.29 is 17.9 Å². The second kappa shape index (κ2) is 10.4. The fourth-order valence-electron chi connectivity index (χ4n) is 4.54. The van der Waals surface area contributed by atoms with Crippen LogP contribution in [-0.2, 0) is 16.6 Å². The third kappa shape index (κ3) is 5.28. The summed E-state index contributed by atoms with van der Waals surface area (Å²) in [6, 6.07) is 5.01. The van der Waals surface area contributed by atoms with Gasteiger partial charge in [0.15, 0.2) is 5.65 Å². The van der Waals surface area contributed by atoms with Crippen LogP contribution in [0.5, 0.6) is 5.88 Å². The van der Waals surface area contributed by atoms with Gasteiger partial charge >= 0.3 is 0 Å². The topological polar surface area (TPSA) is 161 Å². The first-order valence-corrected chi connectivity index (χ1v) is 14.4. The number of methoxy groups -OCH3 is 1. The first kappa shape index (κ1) is 27.3. The van der Waals surface area contributed by atoms with Gasteiger partial charge in [-0.25, -0.2) is 23.1 Å². The van der Waals surface area contributed by atoms with E-state index in [0.717, 1.165) is 11.3 Å². The van der Waals surface area contributed by atoms with E-state index in [2.05, 4.69) is 25.1 Å². The number of hydrogen-bond acceptors (Lipinski definition) is 8. The zero-order valence-electron chi connectivity index (χ0n) is 22.9. The minimum atomic E-state index is -3.58. The molecule has 4 heterocycles. The van der Waals surface area contributed by atoms with Gasteiger partial charge in [0.25, 0.3) is 11.5 Å². The molecular weight excluding hydrogens is 534 g/mol. The first-order valence-electron chi connectivity index (χ1n) is 12.9. The molecule has 0 aromatic carbocycles. The molecule has 4 aromatic heterocycles. The van der Waals surface area contributed by atoms with Crippen molar-refractivity contribution in [2.75, 3.05) is 11.8 Å². The predicted octanol–water partition coefficient (Wildman–Crippen LogP) is 3.22. The zero-order valence-corrected chi connectivity index (χ0v) is 23.7. The Bertz CT molecular complexity index is 1790. The van der Waals surface area contributed by atoms with Crippen LogP contribution in [0.3, 0.4) is 0 Å². The maximum absolute atomic E-state index is 13.5. The van der Waals surface area contributed by atoms with E-state index in [4.69, 9.17) is 9.72 Å². The van der Waals surface area contributed by atoms with Crippen LogP contribution >= 0.6 is 0 Å². The largest absolute Gasteiger partial charge is 0.480 e. The third-order valence-corrected chi connectivity index (χ3v) is 8.63. The molecular formula is C27H31N7O5S. The Hall–Kier alpha value is -4.26. The van der Waals surface area contributed by atoms with Gasteiger partial charge < -0.3 is 15.0 Å². The van der Waals surface area contributed by atoms with Gasteiger partial charge in [-0.15, -0.1) is 0 Å². The number of aromatic nitrogens is 5. The predicted molar refractivity (Wildman–Crippen MR) is 151 cm³/mol. The number of amides is 1. The Labute approximate surface area is 231 Å². The average Bonchev–Trinajstić information content (AvgIpc) is 3.67. The number of hydrogen-bond donors (Lipinski definition) is 3. The fourth-order valence-corrected chi connectivity index (χ4v) is 5.92. The molecule has 3 N–H and O–H groups in total. The van der Waals surface area contributed by atoms with Crippen molar-refractivity contribution in [1.82, 2.24) is 30.0 Å². The number of aromatic amines is 1. The maximum atomic E-state index is 13.5. The molecule has 5 rings (SSSR count). The van der Waals surface area contributed by atoms with Crippen LogP contribution in [0.1, 0.15) is 59.9 Å². The molecule has 13 heteroatoms. The molecule has 1 aliphatic rings. The molecule has 1 aliphatic carbocycles. The lowest BCUT2D eigenvalue weighted by atomic mass is 10.1. The number of anilines is 1. The van der Waals surface area contributed by atoms with Gasteiger partial charge in [0.2, 0.25) is 15.9 Å². The molecule has 1 amide bonds. The van der Waals surface area contributed by atoms with Gasteiger partial charge in [-0.2, -0.15) is 5.10 Å². The lowest BCUT2D eigenvalue weighted by Gasteiger charge is -2.14. The molecule has 12 nitrogen and oxygen atoms in total. The van der Waals surface area contributed by atoms with Crippen molar-refractivity contribution in [1.29, 1.82) is 0 Å². The second-order valence-corrected chi connectivity index (χ2v) is 12.2. The summed E-state index contributed by atoms with van der Waals surface area (Å²) in [5, 5.41) is 7.40. The number of nitrogens with zero attached hydrogens (tertiary/aromatic N) is 4. The Morgan fingerprint density at radius 3 is 2.60 bits per heavy atom. The van der Waals surface area contributed by atoms with E-state index in [1.54, 1.807) is 29.9 Å². The molecule has 0 unspecified atom stereocenters. The number of carbonyl (C=O) groups is 1. The highest BCUT2D eigenvalue weighted by Crippen LogP contribution is 2.34. The monoisotopic (exact) mass is 565 g/mol. The lowest BCUT2D eigenvalue weighted by molar-refractivity contribution is 0.0952. The number of nitrogens with one attached hydrogen (secondary N) is 3. The Morgan fingerprint density at radius 2 is 1.95 bits per heavy atom. The molecule has 40 heavy (non-hydrogen) atoms. The summed E-state index contributed by atoms with van der Waals surface area (Å²) < 4.78 is 34.9. The molecule has 0 bridgehead atoms. The fraction of sp³-hybridized carbons (Fsp3) is 0.370. The highest BCUT2D eigenvalue weighted by Gasteiger charge is 2.36. The van der Waals surface area contributed by atoms with Crippen molar-refractivity contribution in [3.63, 3.8) is 0 Å². The van der Waals surface area contributed by atoms with E-state index in [0.29, 0.717) is 46.3 Å². The van der Waals surface area contributed by atoms with Crippen LogP contribution in [-0.4, -0.2) is 51.4 Å². The second-order valence-electron chi connectivity index (χ2n) is 10.2. The van der Waals surface area contributed by atoms with Crippen LogP contribution < -0.4 is 20.3 Å². The molecule has 1 saturated carbocycles. The van der Waals surface area contributed by atoms with E-state index >= 15 is 0 Å². The van der Waals surface area contributed by atoms with Crippen LogP contribution in [0.15, 0.2) is 35.4 Å². The maximum Gasteiger partial charge on any atom is 0.253 e. The Kier molecular flexibility index (Phi) is 7.08. The van der Waals surface area contributed by atoms with Gasteiger partial charge in [-0.05, 0) is 64.3 Å². The van der Waals surface area contributed by atoms with Gasteiger partial charge in [-0.3, -0.25) is 14.3 Å². The van der Waals surface area contributed by atoms with E-state index in [1.807, 2.05) is 26.8 Å². The Balaban J connectivity index is 1.56. The number of carbonyl (C=O) groups excluding carboxylic acids is 1. The smallest absolute Gasteiger partial charge is 0.253 e. The third-order valence-electron chi connectivity index (χ3n) is 6.78. The summed E-state index contributed by atoms with van der Waals surface area (Å²) in [4.78, 5) is 37.8. The van der Waals surface area contributed by atoms with Crippen LogP contribution in [0.2, 0.25) is 0 Å². The van der Waals surface area contributed by atoms with Gasteiger partial charge in [0, 0.05) is 35.6 Å². The summed E-state index contributed by atoms with van der Waals surface area (Å²) in [6.07, 6.45) is 4.31. The summed E-state index contributed by atoms with van der Waals surface area (Å²) in [7, 11) is -2.17. The zero-order chi connectivity index (χ0) is 28.8. The summed E-state index contributed by atoms with van der Waals surface area (Å²) in [5.41, 5.74) is 3.59. The van der Waals surface area contributed by atoms with Crippen molar-refractivity contribution in [2.24, 2.45) is 0 Å².